The molecule has 0 spiro atoms. The third kappa shape index (κ3) is 2.74. The molecule has 6 heteroatoms. The number of benzene rings is 3. The number of hydrogen-bond acceptors (Lipinski definition) is 4. The minimum absolute atomic E-state index is 0.0564. The SMILES string of the molecule is O=S(=O)(O)c1ccc(O)c2cc(Nc3ccccc3)ccc12. The lowest BCUT2D eigenvalue weighted by Gasteiger charge is -2.10. The predicted molar refractivity (Wildman–Crippen MR) is 85.2 cm³/mol. The molecule has 0 saturated heterocycles. The van der Waals surface area contributed by atoms with Crippen molar-refractivity contribution in [1.82, 2.24) is 0 Å². The van der Waals surface area contributed by atoms with Gasteiger partial charge in [-0.15, -0.1) is 0 Å². The van der Waals surface area contributed by atoms with Crippen molar-refractivity contribution in [2.45, 2.75) is 4.90 Å². The molecule has 112 valence electrons. The highest BCUT2D eigenvalue weighted by Gasteiger charge is 2.16. The van der Waals surface area contributed by atoms with E-state index in [2.05, 4.69) is 5.32 Å². The number of hydrogen-bond donors (Lipinski definition) is 3. The fourth-order valence-corrected chi connectivity index (χ4v) is 2.99. The highest BCUT2D eigenvalue weighted by molar-refractivity contribution is 7.86. The Balaban J connectivity index is 2.12. The maximum Gasteiger partial charge on any atom is 0.295 e. The first-order chi connectivity index (χ1) is 10.4. The molecule has 0 atom stereocenters. The van der Waals surface area contributed by atoms with Crippen LogP contribution in [-0.2, 0) is 10.1 Å². The van der Waals surface area contributed by atoms with Crippen LogP contribution in [0, 0.1) is 0 Å². The van der Waals surface area contributed by atoms with Crippen molar-refractivity contribution in [3.63, 3.8) is 0 Å². The first kappa shape index (κ1) is 14.4. The molecule has 3 aromatic carbocycles. The Labute approximate surface area is 127 Å². The van der Waals surface area contributed by atoms with Crippen LogP contribution in [0.5, 0.6) is 5.75 Å². The Morgan fingerprint density at radius 1 is 0.818 bits per heavy atom. The van der Waals surface area contributed by atoms with Crippen LogP contribution in [0.25, 0.3) is 10.8 Å². The molecule has 0 heterocycles. The van der Waals surface area contributed by atoms with E-state index in [0.29, 0.717) is 11.1 Å². The van der Waals surface area contributed by atoms with Crippen LogP contribution in [0.3, 0.4) is 0 Å². The summed E-state index contributed by atoms with van der Waals surface area (Å²) in [6.07, 6.45) is 0. The molecule has 3 rings (SSSR count). The van der Waals surface area contributed by atoms with Crippen LogP contribution < -0.4 is 5.32 Å². The zero-order chi connectivity index (χ0) is 15.7. The van der Waals surface area contributed by atoms with Gasteiger partial charge in [0, 0.05) is 22.1 Å². The van der Waals surface area contributed by atoms with E-state index in [1.807, 2.05) is 30.3 Å². The van der Waals surface area contributed by atoms with E-state index in [1.54, 1.807) is 18.2 Å². The standard InChI is InChI=1S/C16H13NO4S/c18-15-8-9-16(22(19,20)21)13-7-6-12(10-14(13)15)17-11-4-2-1-3-5-11/h1-10,17-18H,(H,19,20,21). The second-order valence-electron chi connectivity index (χ2n) is 4.81. The molecule has 0 fully saturated rings. The van der Waals surface area contributed by atoms with Gasteiger partial charge in [0.2, 0.25) is 0 Å². The normalized spacial score (nSPS) is 11.5. The summed E-state index contributed by atoms with van der Waals surface area (Å²) in [4.78, 5) is -0.230. The number of anilines is 2. The van der Waals surface area contributed by atoms with Crippen LogP contribution >= 0.6 is 0 Å². The van der Waals surface area contributed by atoms with Gasteiger partial charge in [0.05, 0.1) is 0 Å². The summed E-state index contributed by atoms with van der Waals surface area (Å²) >= 11 is 0. The van der Waals surface area contributed by atoms with Crippen LogP contribution in [0.1, 0.15) is 0 Å². The fourth-order valence-electron chi connectivity index (χ4n) is 2.30. The second-order valence-corrected chi connectivity index (χ2v) is 6.20. The fraction of sp³-hybridized carbons (Fsp3) is 0. The average Bonchev–Trinajstić information content (AvgIpc) is 2.48. The molecule has 0 aliphatic heterocycles. The Hall–Kier alpha value is -2.57. The molecular weight excluding hydrogens is 302 g/mol. The van der Waals surface area contributed by atoms with Crippen LogP contribution in [0.2, 0.25) is 0 Å². The molecule has 22 heavy (non-hydrogen) atoms. The second kappa shape index (κ2) is 5.32. The van der Waals surface area contributed by atoms with Crippen molar-refractivity contribution >= 4 is 32.3 Å². The maximum absolute atomic E-state index is 11.4. The number of para-hydroxylation sites is 1. The van der Waals surface area contributed by atoms with Gasteiger partial charge in [-0.2, -0.15) is 8.42 Å². The van der Waals surface area contributed by atoms with Gasteiger partial charge in [-0.25, -0.2) is 0 Å². The molecule has 5 nitrogen and oxygen atoms in total. The first-order valence-corrected chi connectivity index (χ1v) is 7.94. The van der Waals surface area contributed by atoms with Gasteiger partial charge in [-0.3, -0.25) is 4.55 Å². The Bertz CT molecular complexity index is 937. The maximum atomic E-state index is 11.4. The molecule has 0 aliphatic carbocycles. The first-order valence-electron chi connectivity index (χ1n) is 6.50. The van der Waals surface area contributed by atoms with E-state index in [1.165, 1.54) is 12.1 Å². The lowest BCUT2D eigenvalue weighted by Crippen LogP contribution is -1.99. The number of aromatic hydroxyl groups is 1. The van der Waals surface area contributed by atoms with E-state index >= 15 is 0 Å². The minimum Gasteiger partial charge on any atom is -0.507 e. The molecule has 0 amide bonds. The summed E-state index contributed by atoms with van der Waals surface area (Å²) in [6, 6.07) is 16.7. The number of fused-ring (bicyclic) bond motifs is 1. The van der Waals surface area contributed by atoms with Crippen LogP contribution in [-0.4, -0.2) is 18.1 Å². The summed E-state index contributed by atoms with van der Waals surface area (Å²) in [5.74, 6) is -0.0564. The van der Waals surface area contributed by atoms with E-state index < -0.39 is 10.1 Å². The topological polar surface area (TPSA) is 86.6 Å². The van der Waals surface area contributed by atoms with Crippen molar-refractivity contribution in [2.75, 3.05) is 5.32 Å². The Kier molecular flexibility index (Phi) is 3.48. The average molecular weight is 315 g/mol. The van der Waals surface area contributed by atoms with Gasteiger partial charge >= 0.3 is 0 Å². The van der Waals surface area contributed by atoms with Crippen molar-refractivity contribution in [3.05, 3.63) is 60.7 Å². The quantitative estimate of drug-likeness (QED) is 0.644. The number of nitrogens with one attached hydrogen (secondary N) is 1. The minimum atomic E-state index is -4.35. The molecule has 0 aromatic heterocycles. The summed E-state index contributed by atoms with van der Waals surface area (Å²) in [7, 11) is -4.35. The molecular formula is C16H13NO4S. The summed E-state index contributed by atoms with van der Waals surface area (Å²) < 4.78 is 32.0. The molecule has 3 aromatic rings. The molecule has 3 N–H and O–H groups in total. The van der Waals surface area contributed by atoms with Gasteiger partial charge < -0.3 is 10.4 Å². The number of rotatable bonds is 3. The van der Waals surface area contributed by atoms with E-state index in [4.69, 9.17) is 0 Å². The van der Waals surface area contributed by atoms with Crippen molar-refractivity contribution < 1.29 is 18.1 Å². The molecule has 0 aliphatic rings. The zero-order valence-electron chi connectivity index (χ0n) is 11.4. The van der Waals surface area contributed by atoms with E-state index in [9.17, 15) is 18.1 Å². The molecule has 0 bridgehead atoms. The largest absolute Gasteiger partial charge is 0.507 e. The Morgan fingerprint density at radius 2 is 1.55 bits per heavy atom. The number of phenols is 1. The van der Waals surface area contributed by atoms with Crippen LogP contribution in [0.15, 0.2) is 65.6 Å². The lowest BCUT2D eigenvalue weighted by molar-refractivity contribution is 0.479. The van der Waals surface area contributed by atoms with Gasteiger partial charge in [-0.1, -0.05) is 24.3 Å². The van der Waals surface area contributed by atoms with Gasteiger partial charge in [0.25, 0.3) is 10.1 Å². The smallest absolute Gasteiger partial charge is 0.295 e. The predicted octanol–water partition coefficient (Wildman–Crippen LogP) is 3.54. The van der Waals surface area contributed by atoms with Gasteiger partial charge in [0.1, 0.15) is 10.6 Å². The monoisotopic (exact) mass is 315 g/mol. The summed E-state index contributed by atoms with van der Waals surface area (Å²) in [5.41, 5.74) is 1.56. The zero-order valence-corrected chi connectivity index (χ0v) is 12.2. The van der Waals surface area contributed by atoms with Crippen molar-refractivity contribution in [2.24, 2.45) is 0 Å². The van der Waals surface area contributed by atoms with E-state index in [0.717, 1.165) is 5.69 Å². The molecule has 0 saturated carbocycles. The van der Waals surface area contributed by atoms with Crippen molar-refractivity contribution in [3.8, 4) is 5.75 Å². The highest BCUT2D eigenvalue weighted by atomic mass is 32.2. The summed E-state index contributed by atoms with van der Waals surface area (Å²) in [6.45, 7) is 0. The van der Waals surface area contributed by atoms with Gasteiger partial charge in [-0.05, 0) is 36.4 Å². The third-order valence-corrected chi connectivity index (χ3v) is 4.21. The summed E-state index contributed by atoms with van der Waals surface area (Å²) in [5, 5.41) is 13.7. The molecule has 0 unspecified atom stereocenters. The van der Waals surface area contributed by atoms with Crippen LogP contribution in [0.4, 0.5) is 11.4 Å². The van der Waals surface area contributed by atoms with Crippen molar-refractivity contribution in [1.29, 1.82) is 0 Å². The highest BCUT2D eigenvalue weighted by Crippen LogP contribution is 2.33. The molecule has 0 radical (unpaired) electrons. The third-order valence-electron chi connectivity index (χ3n) is 3.29. The van der Waals surface area contributed by atoms with Gasteiger partial charge in [0.15, 0.2) is 0 Å². The lowest BCUT2D eigenvalue weighted by atomic mass is 10.1. The number of phenolic OH excluding ortho intramolecular Hbond substituents is 1. The Morgan fingerprint density at radius 3 is 2.23 bits per heavy atom. The van der Waals surface area contributed by atoms with E-state index in [-0.39, 0.29) is 16.0 Å².